The molecule has 3 heteroatoms. The summed E-state index contributed by atoms with van der Waals surface area (Å²) < 4.78 is 5.71. The van der Waals surface area contributed by atoms with E-state index in [2.05, 4.69) is 5.16 Å². The van der Waals surface area contributed by atoms with Gasteiger partial charge in [0, 0.05) is 0 Å². The van der Waals surface area contributed by atoms with Crippen LogP contribution < -0.4 is 4.74 Å². The van der Waals surface area contributed by atoms with Crippen LogP contribution in [-0.2, 0) is 6.61 Å². The Balaban J connectivity index is 1.93. The molecular formula is C17H17NO2. The van der Waals surface area contributed by atoms with Crippen molar-refractivity contribution in [3.8, 4) is 5.75 Å². The second-order valence-corrected chi connectivity index (χ2v) is 4.42. The second-order valence-electron chi connectivity index (χ2n) is 4.42. The van der Waals surface area contributed by atoms with Crippen molar-refractivity contribution in [2.24, 2.45) is 5.16 Å². The smallest absolute Gasteiger partial charge is 0.119 e. The average Bonchev–Trinajstić information content (AvgIpc) is 2.52. The molecule has 0 aliphatic rings. The van der Waals surface area contributed by atoms with E-state index in [-0.39, 0.29) is 0 Å². The van der Waals surface area contributed by atoms with Crippen LogP contribution in [0, 0.1) is 0 Å². The molecule has 0 radical (unpaired) electrons. The van der Waals surface area contributed by atoms with Gasteiger partial charge in [0.25, 0.3) is 0 Å². The van der Waals surface area contributed by atoms with Crippen LogP contribution in [0.3, 0.4) is 0 Å². The van der Waals surface area contributed by atoms with Crippen LogP contribution in [0.5, 0.6) is 5.75 Å². The van der Waals surface area contributed by atoms with Gasteiger partial charge < -0.3 is 9.94 Å². The molecule has 0 heterocycles. The van der Waals surface area contributed by atoms with Crippen molar-refractivity contribution in [2.75, 3.05) is 0 Å². The molecular weight excluding hydrogens is 250 g/mol. The van der Waals surface area contributed by atoms with E-state index in [0.29, 0.717) is 12.3 Å². The van der Waals surface area contributed by atoms with E-state index in [1.165, 1.54) is 0 Å². The molecule has 2 aromatic carbocycles. The van der Waals surface area contributed by atoms with E-state index in [0.717, 1.165) is 16.9 Å². The summed E-state index contributed by atoms with van der Waals surface area (Å²) >= 11 is 0. The maximum atomic E-state index is 8.55. The van der Waals surface area contributed by atoms with Crippen LogP contribution in [0.15, 0.2) is 65.8 Å². The first kappa shape index (κ1) is 13.9. The predicted molar refractivity (Wildman–Crippen MR) is 81.1 cm³/mol. The third kappa shape index (κ3) is 4.28. The van der Waals surface area contributed by atoms with E-state index in [1.54, 1.807) is 13.0 Å². The van der Waals surface area contributed by atoms with E-state index in [9.17, 15) is 0 Å². The van der Waals surface area contributed by atoms with Gasteiger partial charge in [-0.1, -0.05) is 53.7 Å². The molecule has 0 aromatic heterocycles. The summed E-state index contributed by atoms with van der Waals surface area (Å²) in [5.74, 6) is 0.832. The molecule has 3 nitrogen and oxygen atoms in total. The number of ether oxygens (including phenoxy) is 1. The van der Waals surface area contributed by atoms with Gasteiger partial charge in [-0.25, -0.2) is 0 Å². The zero-order valence-corrected chi connectivity index (χ0v) is 11.4. The van der Waals surface area contributed by atoms with Crippen molar-refractivity contribution >= 4 is 11.8 Å². The molecule has 0 amide bonds. The first-order valence-electron chi connectivity index (χ1n) is 6.41. The number of allylic oxidation sites excluding steroid dienone is 1. The molecule has 0 spiro atoms. The van der Waals surface area contributed by atoms with Crippen LogP contribution in [0.25, 0.3) is 6.08 Å². The maximum absolute atomic E-state index is 8.55. The minimum atomic E-state index is 0.562. The number of rotatable bonds is 5. The summed E-state index contributed by atoms with van der Waals surface area (Å²) in [7, 11) is 0. The zero-order valence-electron chi connectivity index (χ0n) is 11.4. The summed E-state index contributed by atoms with van der Waals surface area (Å²) in [6.07, 6.45) is 3.63. The average molecular weight is 267 g/mol. The van der Waals surface area contributed by atoms with Crippen molar-refractivity contribution in [3.05, 3.63) is 71.8 Å². The largest absolute Gasteiger partial charge is 0.489 e. The summed E-state index contributed by atoms with van der Waals surface area (Å²) in [6.45, 7) is 2.29. The highest BCUT2D eigenvalue weighted by Crippen LogP contribution is 2.15. The van der Waals surface area contributed by atoms with Gasteiger partial charge in [0.1, 0.15) is 12.4 Å². The molecule has 0 fully saturated rings. The zero-order chi connectivity index (χ0) is 14.2. The normalized spacial score (nSPS) is 11.8. The standard InChI is InChI=1S/C17H17NO2/c1-14(18-19)7-8-15-9-11-17(12-10-15)20-13-16-5-3-2-4-6-16/h2-12,19H,13H2,1H3. The van der Waals surface area contributed by atoms with Gasteiger partial charge in [-0.15, -0.1) is 0 Å². The molecule has 0 atom stereocenters. The Labute approximate surface area is 118 Å². The molecule has 0 saturated heterocycles. The fraction of sp³-hybridized carbons (Fsp3) is 0.118. The van der Waals surface area contributed by atoms with Crippen LogP contribution in [0.4, 0.5) is 0 Å². The SMILES string of the molecule is CC(C=Cc1ccc(OCc2ccccc2)cc1)=NO. The first-order valence-corrected chi connectivity index (χ1v) is 6.41. The number of benzene rings is 2. The molecule has 1 N–H and O–H groups in total. The molecule has 102 valence electrons. The van der Waals surface area contributed by atoms with Gasteiger partial charge in [-0.3, -0.25) is 0 Å². The summed E-state index contributed by atoms with van der Waals surface area (Å²) in [5.41, 5.74) is 2.74. The third-order valence-electron chi connectivity index (χ3n) is 2.80. The quantitative estimate of drug-likeness (QED) is 0.503. The fourth-order valence-corrected chi connectivity index (χ4v) is 1.67. The van der Waals surface area contributed by atoms with Crippen LogP contribution in [0.1, 0.15) is 18.1 Å². The Morgan fingerprint density at radius 2 is 1.80 bits per heavy atom. The Hall–Kier alpha value is -2.55. The van der Waals surface area contributed by atoms with Crippen molar-refractivity contribution in [1.82, 2.24) is 0 Å². The second kappa shape index (κ2) is 7.14. The van der Waals surface area contributed by atoms with Crippen molar-refractivity contribution < 1.29 is 9.94 Å². The molecule has 0 aliphatic carbocycles. The van der Waals surface area contributed by atoms with Crippen molar-refractivity contribution in [3.63, 3.8) is 0 Å². The van der Waals surface area contributed by atoms with E-state index in [1.807, 2.05) is 60.7 Å². The summed E-state index contributed by atoms with van der Waals surface area (Å²) in [4.78, 5) is 0. The Morgan fingerprint density at radius 1 is 1.10 bits per heavy atom. The Kier molecular flexibility index (Phi) is 4.95. The van der Waals surface area contributed by atoms with E-state index < -0.39 is 0 Å². The molecule has 2 rings (SSSR count). The van der Waals surface area contributed by atoms with Gasteiger partial charge >= 0.3 is 0 Å². The third-order valence-corrected chi connectivity index (χ3v) is 2.80. The lowest BCUT2D eigenvalue weighted by atomic mass is 10.2. The fourth-order valence-electron chi connectivity index (χ4n) is 1.67. The lowest BCUT2D eigenvalue weighted by Crippen LogP contribution is -1.94. The van der Waals surface area contributed by atoms with Gasteiger partial charge in [0.05, 0.1) is 5.71 Å². The molecule has 0 saturated carbocycles. The van der Waals surface area contributed by atoms with E-state index >= 15 is 0 Å². The molecule has 0 aliphatic heterocycles. The van der Waals surface area contributed by atoms with Crippen LogP contribution >= 0.6 is 0 Å². The Morgan fingerprint density at radius 3 is 2.45 bits per heavy atom. The van der Waals surface area contributed by atoms with Crippen molar-refractivity contribution in [1.29, 1.82) is 0 Å². The minimum absolute atomic E-state index is 0.562. The summed E-state index contributed by atoms with van der Waals surface area (Å²) in [5, 5.41) is 11.6. The van der Waals surface area contributed by atoms with E-state index in [4.69, 9.17) is 9.94 Å². The predicted octanol–water partition coefficient (Wildman–Crippen LogP) is 4.13. The maximum Gasteiger partial charge on any atom is 0.119 e. The summed E-state index contributed by atoms with van der Waals surface area (Å²) in [6, 6.07) is 17.8. The molecule has 0 unspecified atom stereocenters. The lowest BCUT2D eigenvalue weighted by molar-refractivity contribution is 0.306. The van der Waals surface area contributed by atoms with Gasteiger partial charge in [-0.2, -0.15) is 0 Å². The minimum Gasteiger partial charge on any atom is -0.489 e. The van der Waals surface area contributed by atoms with Crippen LogP contribution in [0.2, 0.25) is 0 Å². The lowest BCUT2D eigenvalue weighted by Gasteiger charge is -2.06. The highest BCUT2D eigenvalue weighted by atomic mass is 16.5. The van der Waals surface area contributed by atoms with Gasteiger partial charge in [0.15, 0.2) is 0 Å². The number of hydrogen-bond donors (Lipinski definition) is 1. The molecule has 0 bridgehead atoms. The highest BCUT2D eigenvalue weighted by molar-refractivity contribution is 5.95. The van der Waals surface area contributed by atoms with Gasteiger partial charge in [-0.05, 0) is 36.3 Å². The first-order chi connectivity index (χ1) is 9.78. The number of nitrogens with zero attached hydrogens (tertiary/aromatic N) is 1. The Bertz CT molecular complexity index is 586. The highest BCUT2D eigenvalue weighted by Gasteiger charge is 1.95. The number of hydrogen-bond acceptors (Lipinski definition) is 3. The number of oxime groups is 1. The monoisotopic (exact) mass is 267 g/mol. The van der Waals surface area contributed by atoms with Crippen molar-refractivity contribution in [2.45, 2.75) is 13.5 Å². The van der Waals surface area contributed by atoms with Crippen LogP contribution in [-0.4, -0.2) is 10.9 Å². The topological polar surface area (TPSA) is 41.8 Å². The van der Waals surface area contributed by atoms with Gasteiger partial charge in [0.2, 0.25) is 0 Å². The molecule has 2 aromatic rings. The molecule has 20 heavy (non-hydrogen) atoms.